The Morgan fingerprint density at radius 2 is 2.07 bits per heavy atom. The van der Waals surface area contributed by atoms with Crippen LogP contribution in [0.4, 0.5) is 14.6 Å². The minimum absolute atomic E-state index is 0.130. The van der Waals surface area contributed by atoms with Gasteiger partial charge in [0.15, 0.2) is 0 Å². The number of alkyl halides is 2. The summed E-state index contributed by atoms with van der Waals surface area (Å²) in [7, 11) is 0. The van der Waals surface area contributed by atoms with Gasteiger partial charge in [-0.2, -0.15) is 0 Å². The van der Waals surface area contributed by atoms with Crippen LogP contribution in [0.1, 0.15) is 18.4 Å². The molecule has 0 bridgehead atoms. The fourth-order valence-corrected chi connectivity index (χ4v) is 3.08. The van der Waals surface area contributed by atoms with E-state index < -0.39 is 12.0 Å². The molecular weight excluding hydrogens is 354 g/mol. The van der Waals surface area contributed by atoms with Gasteiger partial charge in [-0.1, -0.05) is 0 Å². The Morgan fingerprint density at radius 3 is 2.78 bits per heavy atom. The van der Waals surface area contributed by atoms with Crippen molar-refractivity contribution in [2.75, 3.05) is 25.1 Å². The standard InChI is InChI=1S/C19H18F2N4O2/c20-17(21)12-3-4-15(23-8-12)14-9-24-18(13-2-1-6-22-16(13)14)25-10-19(26)5-7-27-11-19/h1-4,6,8-9,17,26H,5,7,10-11H2,(H,24,25). The van der Waals surface area contributed by atoms with Crippen molar-refractivity contribution in [2.45, 2.75) is 18.4 Å². The van der Waals surface area contributed by atoms with Crippen LogP contribution in [0.2, 0.25) is 0 Å². The van der Waals surface area contributed by atoms with Gasteiger partial charge in [-0.15, -0.1) is 0 Å². The smallest absolute Gasteiger partial charge is 0.265 e. The van der Waals surface area contributed by atoms with Crippen molar-refractivity contribution in [3.8, 4) is 11.3 Å². The molecule has 1 fully saturated rings. The summed E-state index contributed by atoms with van der Waals surface area (Å²) < 4.78 is 30.8. The van der Waals surface area contributed by atoms with Gasteiger partial charge in [-0.3, -0.25) is 9.97 Å². The molecule has 2 N–H and O–H groups in total. The lowest BCUT2D eigenvalue weighted by Crippen LogP contribution is -2.37. The molecule has 1 aliphatic rings. The van der Waals surface area contributed by atoms with Crippen molar-refractivity contribution >= 4 is 16.7 Å². The van der Waals surface area contributed by atoms with E-state index in [0.29, 0.717) is 42.2 Å². The Kier molecular flexibility index (Phi) is 4.67. The highest BCUT2D eigenvalue weighted by Crippen LogP contribution is 2.30. The fraction of sp³-hybridized carbons (Fsp3) is 0.316. The molecule has 1 atom stereocenters. The number of nitrogens with one attached hydrogen (secondary N) is 1. The van der Waals surface area contributed by atoms with E-state index in [9.17, 15) is 13.9 Å². The SMILES string of the molecule is OC1(CNc2ncc(-c3ccc(C(F)F)cn3)c3ncccc23)CCOC1. The van der Waals surface area contributed by atoms with Gasteiger partial charge >= 0.3 is 0 Å². The minimum Gasteiger partial charge on any atom is -0.386 e. The molecule has 0 saturated carbocycles. The quantitative estimate of drug-likeness (QED) is 0.716. The maximum absolute atomic E-state index is 12.7. The van der Waals surface area contributed by atoms with Crippen LogP contribution in [-0.4, -0.2) is 45.4 Å². The molecule has 0 amide bonds. The highest BCUT2D eigenvalue weighted by molar-refractivity contribution is 5.98. The Hall–Kier alpha value is -2.71. The van der Waals surface area contributed by atoms with Gasteiger partial charge < -0.3 is 15.2 Å². The third kappa shape index (κ3) is 3.58. The van der Waals surface area contributed by atoms with E-state index in [2.05, 4.69) is 20.3 Å². The van der Waals surface area contributed by atoms with Crippen molar-refractivity contribution in [2.24, 2.45) is 0 Å². The van der Waals surface area contributed by atoms with E-state index in [1.165, 1.54) is 12.1 Å². The number of aliphatic hydroxyl groups is 1. The van der Waals surface area contributed by atoms with E-state index in [1.807, 2.05) is 6.07 Å². The fourth-order valence-electron chi connectivity index (χ4n) is 3.08. The summed E-state index contributed by atoms with van der Waals surface area (Å²) in [6.07, 6.45) is 2.43. The van der Waals surface area contributed by atoms with E-state index in [4.69, 9.17) is 4.74 Å². The highest BCUT2D eigenvalue weighted by Gasteiger charge is 2.32. The lowest BCUT2D eigenvalue weighted by molar-refractivity contribution is 0.0381. The van der Waals surface area contributed by atoms with Crippen LogP contribution < -0.4 is 5.32 Å². The largest absolute Gasteiger partial charge is 0.386 e. The molecule has 140 valence electrons. The molecule has 6 nitrogen and oxygen atoms in total. The van der Waals surface area contributed by atoms with Crippen LogP contribution in [0, 0.1) is 0 Å². The van der Waals surface area contributed by atoms with E-state index in [1.54, 1.807) is 18.5 Å². The number of anilines is 1. The normalized spacial score (nSPS) is 19.7. The summed E-state index contributed by atoms with van der Waals surface area (Å²) in [5.41, 5.74) is 0.780. The summed E-state index contributed by atoms with van der Waals surface area (Å²) in [6.45, 7) is 1.13. The number of pyridine rings is 3. The molecule has 1 aliphatic heterocycles. The molecule has 0 aliphatic carbocycles. The Labute approximate surface area is 154 Å². The van der Waals surface area contributed by atoms with Crippen molar-refractivity contribution in [1.82, 2.24) is 15.0 Å². The topological polar surface area (TPSA) is 80.2 Å². The van der Waals surface area contributed by atoms with Gasteiger partial charge in [0.05, 0.1) is 17.8 Å². The predicted molar refractivity (Wildman–Crippen MR) is 96.6 cm³/mol. The van der Waals surface area contributed by atoms with E-state index in [-0.39, 0.29) is 12.2 Å². The molecule has 8 heteroatoms. The number of nitrogens with zero attached hydrogens (tertiary/aromatic N) is 3. The molecule has 3 aromatic heterocycles. The number of aromatic nitrogens is 3. The summed E-state index contributed by atoms with van der Waals surface area (Å²) >= 11 is 0. The third-order valence-electron chi connectivity index (χ3n) is 4.62. The Bertz CT molecular complexity index is 944. The molecule has 3 aromatic rings. The van der Waals surface area contributed by atoms with Crippen LogP contribution in [0.15, 0.2) is 42.9 Å². The number of rotatable bonds is 5. The first-order valence-electron chi connectivity index (χ1n) is 8.58. The zero-order chi connectivity index (χ0) is 18.9. The average molecular weight is 372 g/mol. The van der Waals surface area contributed by atoms with Crippen LogP contribution in [-0.2, 0) is 4.74 Å². The lowest BCUT2D eigenvalue weighted by Gasteiger charge is -2.21. The van der Waals surface area contributed by atoms with Crippen LogP contribution in [0.5, 0.6) is 0 Å². The number of hydrogen-bond acceptors (Lipinski definition) is 6. The number of fused-ring (bicyclic) bond motifs is 1. The average Bonchev–Trinajstić information content (AvgIpc) is 3.13. The van der Waals surface area contributed by atoms with E-state index in [0.717, 1.165) is 11.6 Å². The Morgan fingerprint density at radius 1 is 1.19 bits per heavy atom. The van der Waals surface area contributed by atoms with Crippen molar-refractivity contribution < 1.29 is 18.6 Å². The molecule has 1 unspecified atom stereocenters. The molecule has 0 spiro atoms. The van der Waals surface area contributed by atoms with Crippen molar-refractivity contribution in [3.63, 3.8) is 0 Å². The van der Waals surface area contributed by atoms with Gasteiger partial charge in [0, 0.05) is 54.7 Å². The summed E-state index contributed by atoms with van der Waals surface area (Å²) in [5.74, 6) is 0.589. The first-order chi connectivity index (χ1) is 13.1. The van der Waals surface area contributed by atoms with Crippen LogP contribution in [0.25, 0.3) is 22.2 Å². The van der Waals surface area contributed by atoms with Crippen molar-refractivity contribution in [3.05, 3.63) is 48.4 Å². The Balaban J connectivity index is 1.67. The molecule has 4 rings (SSSR count). The number of hydrogen-bond donors (Lipinski definition) is 2. The second kappa shape index (κ2) is 7.13. The second-order valence-electron chi connectivity index (χ2n) is 6.58. The van der Waals surface area contributed by atoms with Gasteiger partial charge in [0.2, 0.25) is 0 Å². The molecule has 0 radical (unpaired) electrons. The first-order valence-corrected chi connectivity index (χ1v) is 8.58. The van der Waals surface area contributed by atoms with Crippen molar-refractivity contribution in [1.29, 1.82) is 0 Å². The monoisotopic (exact) mass is 372 g/mol. The van der Waals surface area contributed by atoms with Gasteiger partial charge in [-0.05, 0) is 24.3 Å². The lowest BCUT2D eigenvalue weighted by atomic mass is 10.0. The van der Waals surface area contributed by atoms with Gasteiger partial charge in [0.25, 0.3) is 6.43 Å². The van der Waals surface area contributed by atoms with E-state index >= 15 is 0 Å². The molecular formula is C19H18F2N4O2. The number of ether oxygens (including phenoxy) is 1. The van der Waals surface area contributed by atoms with Gasteiger partial charge in [-0.25, -0.2) is 13.8 Å². The number of halogens is 2. The predicted octanol–water partition coefficient (Wildman–Crippen LogP) is 3.19. The molecule has 1 saturated heterocycles. The maximum atomic E-state index is 12.7. The third-order valence-corrected chi connectivity index (χ3v) is 4.62. The maximum Gasteiger partial charge on any atom is 0.265 e. The van der Waals surface area contributed by atoms with Crippen LogP contribution in [0.3, 0.4) is 0 Å². The zero-order valence-electron chi connectivity index (χ0n) is 14.4. The van der Waals surface area contributed by atoms with Crippen LogP contribution >= 0.6 is 0 Å². The summed E-state index contributed by atoms with van der Waals surface area (Å²) in [4.78, 5) is 13.0. The molecule has 0 aromatic carbocycles. The molecule has 4 heterocycles. The summed E-state index contributed by atoms with van der Waals surface area (Å²) in [6, 6.07) is 6.55. The summed E-state index contributed by atoms with van der Waals surface area (Å²) in [5, 5.41) is 14.4. The zero-order valence-corrected chi connectivity index (χ0v) is 14.4. The first kappa shape index (κ1) is 17.7. The second-order valence-corrected chi connectivity index (χ2v) is 6.58. The minimum atomic E-state index is -2.56. The highest BCUT2D eigenvalue weighted by atomic mass is 19.3. The molecule has 27 heavy (non-hydrogen) atoms. The van der Waals surface area contributed by atoms with Gasteiger partial charge in [0.1, 0.15) is 11.4 Å².